The zero-order valence-electron chi connectivity index (χ0n) is 14.3. The van der Waals surface area contributed by atoms with Gasteiger partial charge in [-0.15, -0.1) is 0 Å². The van der Waals surface area contributed by atoms with E-state index in [0.717, 1.165) is 27.9 Å². The molecule has 0 amide bonds. The molecule has 0 N–H and O–H groups in total. The Labute approximate surface area is 154 Å². The zero-order valence-corrected chi connectivity index (χ0v) is 14.3. The minimum absolute atomic E-state index is 0.675. The molecule has 124 valence electrons. The highest BCUT2D eigenvalue weighted by Crippen LogP contribution is 2.15. The van der Waals surface area contributed by atoms with E-state index in [4.69, 9.17) is 5.26 Å². The normalized spacial score (nSPS) is 10.9. The second-order valence-corrected chi connectivity index (χ2v) is 5.82. The lowest BCUT2D eigenvalue weighted by atomic mass is 10.1. The van der Waals surface area contributed by atoms with E-state index in [1.54, 1.807) is 0 Å². The highest BCUT2D eigenvalue weighted by atomic mass is 14.7. The summed E-state index contributed by atoms with van der Waals surface area (Å²) in [7, 11) is 0. The molecule has 0 saturated heterocycles. The number of nitrogens with zero attached hydrogens (tertiary/aromatic N) is 2. The van der Waals surface area contributed by atoms with E-state index in [-0.39, 0.29) is 0 Å². The van der Waals surface area contributed by atoms with Crippen molar-refractivity contribution in [2.24, 2.45) is 4.99 Å². The third kappa shape index (κ3) is 4.66. The van der Waals surface area contributed by atoms with Gasteiger partial charge in [-0.3, -0.25) is 4.99 Å². The Morgan fingerprint density at radius 2 is 0.962 bits per heavy atom. The molecule has 2 heteroatoms. The molecular formula is C24H18N2. The largest absolute Gasteiger partial charge is 0.265 e. The van der Waals surface area contributed by atoms with Crippen molar-refractivity contribution in [3.63, 3.8) is 0 Å². The summed E-state index contributed by atoms with van der Waals surface area (Å²) < 4.78 is 0. The van der Waals surface area contributed by atoms with Gasteiger partial charge >= 0.3 is 0 Å². The van der Waals surface area contributed by atoms with Crippen LogP contribution in [0.2, 0.25) is 0 Å². The molecule has 3 aromatic carbocycles. The maximum Gasteiger partial charge on any atom is 0.0991 e. The molecule has 0 heterocycles. The Balaban J connectivity index is 1.65. The molecule has 3 aromatic rings. The second-order valence-electron chi connectivity index (χ2n) is 5.82. The Kier molecular flexibility index (Phi) is 5.54. The van der Waals surface area contributed by atoms with E-state index in [1.165, 1.54) is 0 Å². The summed E-state index contributed by atoms with van der Waals surface area (Å²) in [6, 6.07) is 26.0. The molecule has 0 aliphatic heterocycles. The Morgan fingerprint density at radius 1 is 0.615 bits per heavy atom. The van der Waals surface area contributed by atoms with Gasteiger partial charge in [0.2, 0.25) is 0 Å². The molecule has 0 unspecified atom stereocenters. The topological polar surface area (TPSA) is 36.1 Å². The van der Waals surface area contributed by atoms with Gasteiger partial charge in [0.05, 0.1) is 17.3 Å². The number of benzene rings is 3. The van der Waals surface area contributed by atoms with Gasteiger partial charge in [0.1, 0.15) is 0 Å². The highest BCUT2D eigenvalue weighted by Gasteiger charge is 1.93. The number of rotatable bonds is 5. The van der Waals surface area contributed by atoms with E-state index >= 15 is 0 Å². The maximum atomic E-state index is 8.82. The van der Waals surface area contributed by atoms with Crippen LogP contribution in [0.5, 0.6) is 0 Å². The average Bonchev–Trinajstić information content (AvgIpc) is 2.72. The summed E-state index contributed by atoms with van der Waals surface area (Å²) in [6.45, 7) is 3.52. The van der Waals surface area contributed by atoms with E-state index < -0.39 is 0 Å². The van der Waals surface area contributed by atoms with Crippen LogP contribution < -0.4 is 0 Å². The van der Waals surface area contributed by atoms with Crippen LogP contribution in [-0.2, 0) is 0 Å². The van der Waals surface area contributed by atoms with E-state index in [1.807, 2.05) is 54.6 Å². The summed E-state index contributed by atoms with van der Waals surface area (Å²) >= 11 is 0. The maximum absolute atomic E-state index is 8.82. The lowest BCUT2D eigenvalue weighted by Gasteiger charge is -1.98. The van der Waals surface area contributed by atoms with Gasteiger partial charge in [0, 0.05) is 0 Å². The molecule has 3 rings (SSSR count). The fourth-order valence-electron chi connectivity index (χ4n) is 2.46. The molecule has 0 aliphatic carbocycles. The predicted octanol–water partition coefficient (Wildman–Crippen LogP) is 6.23. The predicted molar refractivity (Wildman–Crippen MR) is 111 cm³/mol. The van der Waals surface area contributed by atoms with Gasteiger partial charge in [-0.05, 0) is 53.2 Å². The van der Waals surface area contributed by atoms with E-state index in [0.29, 0.717) is 5.56 Å². The molecule has 0 fully saturated rings. The first-order valence-electron chi connectivity index (χ1n) is 8.30. The average molecular weight is 334 g/mol. The lowest BCUT2D eigenvalue weighted by Crippen LogP contribution is -1.77. The Hall–Kier alpha value is -3.70. The second kappa shape index (κ2) is 8.41. The van der Waals surface area contributed by atoms with Crippen molar-refractivity contribution < 1.29 is 0 Å². The van der Waals surface area contributed by atoms with Gasteiger partial charge in [-0.1, -0.05) is 72.8 Å². The molecule has 0 atom stereocenters. The van der Waals surface area contributed by atoms with Crippen LogP contribution in [0.15, 0.2) is 77.8 Å². The summed E-state index contributed by atoms with van der Waals surface area (Å²) in [4.78, 5) is 3.89. The van der Waals surface area contributed by atoms with Crippen molar-refractivity contribution >= 4 is 36.7 Å². The summed E-state index contributed by atoms with van der Waals surface area (Å²) in [5, 5.41) is 8.82. The van der Waals surface area contributed by atoms with Crippen molar-refractivity contribution in [2.45, 2.75) is 0 Å². The summed E-state index contributed by atoms with van der Waals surface area (Å²) in [5.74, 6) is 0. The molecule has 0 bridgehead atoms. The van der Waals surface area contributed by atoms with Gasteiger partial charge in [0.15, 0.2) is 0 Å². The fraction of sp³-hybridized carbons (Fsp3) is 0. The summed E-state index contributed by atoms with van der Waals surface area (Å²) in [5.41, 5.74) is 6.03. The third-order valence-electron chi connectivity index (χ3n) is 3.99. The van der Waals surface area contributed by atoms with Gasteiger partial charge in [0.25, 0.3) is 0 Å². The van der Waals surface area contributed by atoms with Gasteiger partial charge in [-0.25, -0.2) is 0 Å². The van der Waals surface area contributed by atoms with E-state index in [9.17, 15) is 0 Å². The first kappa shape index (κ1) is 17.1. The van der Waals surface area contributed by atoms with Crippen molar-refractivity contribution in [2.75, 3.05) is 0 Å². The number of hydrogen-bond acceptors (Lipinski definition) is 2. The molecule has 0 spiro atoms. The monoisotopic (exact) mass is 334 g/mol. The van der Waals surface area contributed by atoms with Crippen molar-refractivity contribution in [1.29, 1.82) is 5.26 Å². The molecular weight excluding hydrogens is 316 g/mol. The Bertz CT molecular complexity index is 968. The molecule has 2 nitrogen and oxygen atoms in total. The van der Waals surface area contributed by atoms with Crippen LogP contribution in [0.4, 0.5) is 5.69 Å². The van der Waals surface area contributed by atoms with Gasteiger partial charge < -0.3 is 0 Å². The van der Waals surface area contributed by atoms with Crippen molar-refractivity contribution in [3.8, 4) is 6.07 Å². The number of hydrogen-bond donors (Lipinski definition) is 0. The molecule has 0 saturated carbocycles. The third-order valence-corrected chi connectivity index (χ3v) is 3.99. The van der Waals surface area contributed by atoms with E-state index in [2.05, 4.69) is 60.3 Å². The first-order valence-corrected chi connectivity index (χ1v) is 8.30. The van der Waals surface area contributed by atoms with Crippen molar-refractivity contribution in [1.82, 2.24) is 0 Å². The van der Waals surface area contributed by atoms with Crippen LogP contribution in [-0.4, -0.2) is 6.72 Å². The fourth-order valence-corrected chi connectivity index (χ4v) is 2.46. The first-order chi connectivity index (χ1) is 12.8. The Morgan fingerprint density at radius 3 is 1.31 bits per heavy atom. The number of aliphatic imine (C=N–C) groups is 1. The molecule has 26 heavy (non-hydrogen) atoms. The van der Waals surface area contributed by atoms with Crippen LogP contribution in [0, 0.1) is 11.3 Å². The highest BCUT2D eigenvalue weighted by molar-refractivity contribution is 5.73. The molecule has 0 aromatic heterocycles. The van der Waals surface area contributed by atoms with Gasteiger partial charge in [-0.2, -0.15) is 5.26 Å². The quantitative estimate of drug-likeness (QED) is 0.402. The van der Waals surface area contributed by atoms with Crippen LogP contribution in [0.1, 0.15) is 27.8 Å². The number of nitriles is 1. The van der Waals surface area contributed by atoms with Crippen LogP contribution >= 0.6 is 0 Å². The smallest absolute Gasteiger partial charge is 0.0991 e. The lowest BCUT2D eigenvalue weighted by molar-refractivity contribution is 1.48. The standard InChI is InChI=1S/C24H18N2/c1-26-24-16-14-22(15-17-24)9-8-20-4-2-19(3-5-20)6-7-21-10-12-23(18-25)13-11-21/h2-17H,1H2. The zero-order chi connectivity index (χ0) is 18.2. The van der Waals surface area contributed by atoms with Crippen LogP contribution in [0.3, 0.4) is 0 Å². The van der Waals surface area contributed by atoms with Crippen molar-refractivity contribution in [3.05, 3.63) is 101 Å². The summed E-state index contributed by atoms with van der Waals surface area (Å²) in [6.07, 6.45) is 8.27. The SMILES string of the molecule is C=Nc1ccc(C=Cc2ccc(C=Cc3ccc(C#N)cc3)cc2)cc1. The van der Waals surface area contributed by atoms with Crippen LogP contribution in [0.25, 0.3) is 24.3 Å². The minimum atomic E-state index is 0.675. The molecule has 0 radical (unpaired) electrons. The molecule has 0 aliphatic rings. The minimum Gasteiger partial charge on any atom is -0.265 e.